The topological polar surface area (TPSA) is 114 Å². The first-order chi connectivity index (χ1) is 11.5. The molecule has 0 unspecified atom stereocenters. The Morgan fingerprint density at radius 1 is 1.21 bits per heavy atom. The van der Waals surface area contributed by atoms with E-state index in [1.807, 2.05) is 18.2 Å². The van der Waals surface area contributed by atoms with Gasteiger partial charge < -0.3 is 16.2 Å². The molecule has 0 aliphatic carbocycles. The summed E-state index contributed by atoms with van der Waals surface area (Å²) in [5.41, 5.74) is 13.9. The molecule has 0 atom stereocenters. The molecule has 0 saturated carbocycles. The van der Waals surface area contributed by atoms with E-state index < -0.39 is 0 Å². The Morgan fingerprint density at radius 3 is 2.50 bits per heavy atom. The molecule has 0 aliphatic rings. The lowest BCUT2D eigenvalue weighted by atomic mass is 10.0. The van der Waals surface area contributed by atoms with Crippen LogP contribution in [0.5, 0.6) is 5.75 Å². The van der Waals surface area contributed by atoms with Gasteiger partial charge in [0.2, 0.25) is 5.95 Å². The first kappa shape index (κ1) is 17.5. The standard InChI is InChI=1S/C17H22N6O/c1-4-23(5-2)10-12-8-11(6-7-14(12)24-3)15-13(9-18)16(19)22-17(20)21-15/h6-8H,4-5,10H2,1-3H3,(H4,19,20,21,22). The van der Waals surface area contributed by atoms with Crippen LogP contribution in [0, 0.1) is 11.3 Å². The van der Waals surface area contributed by atoms with Gasteiger partial charge in [-0.15, -0.1) is 0 Å². The number of nitrogens with two attached hydrogens (primary N) is 2. The third kappa shape index (κ3) is 3.55. The summed E-state index contributed by atoms with van der Waals surface area (Å²) >= 11 is 0. The lowest BCUT2D eigenvalue weighted by Crippen LogP contribution is -2.22. The van der Waals surface area contributed by atoms with Crippen LogP contribution in [-0.2, 0) is 6.54 Å². The highest BCUT2D eigenvalue weighted by molar-refractivity contribution is 5.74. The smallest absolute Gasteiger partial charge is 0.222 e. The number of aromatic nitrogens is 2. The van der Waals surface area contributed by atoms with Crippen LogP contribution in [0.15, 0.2) is 18.2 Å². The average molecular weight is 326 g/mol. The Kier molecular flexibility index (Phi) is 5.55. The molecule has 1 aromatic carbocycles. The van der Waals surface area contributed by atoms with Gasteiger partial charge in [0.05, 0.1) is 12.8 Å². The molecule has 0 saturated heterocycles. The molecule has 24 heavy (non-hydrogen) atoms. The van der Waals surface area contributed by atoms with Gasteiger partial charge in [0.15, 0.2) is 0 Å². The number of nitrogen functional groups attached to an aromatic ring is 2. The maximum atomic E-state index is 9.36. The third-order valence-corrected chi connectivity index (χ3v) is 3.91. The summed E-state index contributed by atoms with van der Waals surface area (Å²) in [5, 5.41) is 9.36. The summed E-state index contributed by atoms with van der Waals surface area (Å²) < 4.78 is 5.46. The molecule has 0 spiro atoms. The van der Waals surface area contributed by atoms with Gasteiger partial charge in [-0.3, -0.25) is 4.90 Å². The lowest BCUT2D eigenvalue weighted by molar-refractivity contribution is 0.289. The number of ether oxygens (including phenoxy) is 1. The number of rotatable bonds is 6. The minimum atomic E-state index is 0.0441. The van der Waals surface area contributed by atoms with Crippen molar-refractivity contribution < 1.29 is 4.74 Å². The molecule has 0 radical (unpaired) electrons. The number of hydrogen-bond donors (Lipinski definition) is 2. The van der Waals surface area contributed by atoms with Crippen molar-refractivity contribution in [3.05, 3.63) is 29.3 Å². The van der Waals surface area contributed by atoms with Crippen molar-refractivity contribution >= 4 is 11.8 Å². The van der Waals surface area contributed by atoms with Gasteiger partial charge in [-0.25, -0.2) is 4.98 Å². The molecule has 126 valence electrons. The zero-order valence-corrected chi connectivity index (χ0v) is 14.2. The monoisotopic (exact) mass is 326 g/mol. The van der Waals surface area contributed by atoms with E-state index in [9.17, 15) is 5.26 Å². The van der Waals surface area contributed by atoms with Crippen LogP contribution in [-0.4, -0.2) is 35.1 Å². The number of nitrogens with zero attached hydrogens (tertiary/aromatic N) is 4. The molecule has 4 N–H and O–H groups in total. The highest BCUT2D eigenvalue weighted by atomic mass is 16.5. The van der Waals surface area contributed by atoms with Crippen LogP contribution in [0.4, 0.5) is 11.8 Å². The predicted molar refractivity (Wildman–Crippen MR) is 94.2 cm³/mol. The highest BCUT2D eigenvalue weighted by Gasteiger charge is 2.16. The van der Waals surface area contributed by atoms with Crippen LogP contribution < -0.4 is 16.2 Å². The molecular weight excluding hydrogens is 304 g/mol. The molecule has 0 aliphatic heterocycles. The Labute approximate surface area is 141 Å². The maximum Gasteiger partial charge on any atom is 0.222 e. The normalized spacial score (nSPS) is 10.6. The highest BCUT2D eigenvalue weighted by Crippen LogP contribution is 2.30. The second-order valence-electron chi connectivity index (χ2n) is 5.29. The van der Waals surface area contributed by atoms with Crippen molar-refractivity contribution in [1.29, 1.82) is 5.26 Å². The lowest BCUT2D eigenvalue weighted by Gasteiger charge is -2.20. The summed E-state index contributed by atoms with van der Waals surface area (Å²) in [4.78, 5) is 10.3. The second kappa shape index (κ2) is 7.62. The van der Waals surface area contributed by atoms with E-state index >= 15 is 0 Å². The average Bonchev–Trinajstić information content (AvgIpc) is 2.58. The van der Waals surface area contributed by atoms with Crippen LogP contribution in [0.3, 0.4) is 0 Å². The van der Waals surface area contributed by atoms with Crippen LogP contribution in [0.25, 0.3) is 11.3 Å². The fourth-order valence-corrected chi connectivity index (χ4v) is 2.55. The summed E-state index contributed by atoms with van der Waals surface area (Å²) in [6, 6.07) is 7.72. The van der Waals surface area contributed by atoms with Gasteiger partial charge in [0.1, 0.15) is 23.2 Å². The van der Waals surface area contributed by atoms with E-state index in [2.05, 4.69) is 34.8 Å². The number of nitriles is 1. The minimum absolute atomic E-state index is 0.0441. The number of benzene rings is 1. The van der Waals surface area contributed by atoms with Crippen molar-refractivity contribution in [2.75, 3.05) is 31.7 Å². The summed E-state index contributed by atoms with van der Waals surface area (Å²) in [7, 11) is 1.64. The Balaban J connectivity index is 2.55. The molecule has 1 aromatic heterocycles. The summed E-state index contributed by atoms with van der Waals surface area (Å²) in [6.07, 6.45) is 0. The SMILES string of the molecule is CCN(CC)Cc1cc(-c2nc(N)nc(N)c2C#N)ccc1OC. The van der Waals surface area contributed by atoms with Gasteiger partial charge in [0, 0.05) is 17.7 Å². The quantitative estimate of drug-likeness (QED) is 0.834. The molecule has 7 nitrogen and oxygen atoms in total. The van der Waals surface area contributed by atoms with E-state index in [4.69, 9.17) is 16.2 Å². The fraction of sp³-hybridized carbons (Fsp3) is 0.353. The van der Waals surface area contributed by atoms with Crippen molar-refractivity contribution in [2.45, 2.75) is 20.4 Å². The third-order valence-electron chi connectivity index (χ3n) is 3.91. The fourth-order valence-electron chi connectivity index (χ4n) is 2.55. The van der Waals surface area contributed by atoms with Crippen molar-refractivity contribution in [2.24, 2.45) is 0 Å². The molecule has 0 bridgehead atoms. The van der Waals surface area contributed by atoms with Crippen molar-refractivity contribution in [3.63, 3.8) is 0 Å². The minimum Gasteiger partial charge on any atom is -0.496 e. The molecular formula is C17H22N6O. The molecule has 2 rings (SSSR count). The van der Waals surface area contributed by atoms with E-state index in [-0.39, 0.29) is 17.3 Å². The maximum absolute atomic E-state index is 9.36. The molecule has 0 amide bonds. The van der Waals surface area contributed by atoms with Gasteiger partial charge in [-0.1, -0.05) is 13.8 Å². The molecule has 0 fully saturated rings. The van der Waals surface area contributed by atoms with Crippen LogP contribution >= 0.6 is 0 Å². The summed E-state index contributed by atoms with van der Waals surface area (Å²) in [6.45, 7) is 6.82. The molecule has 2 aromatic rings. The molecule has 7 heteroatoms. The predicted octanol–water partition coefficient (Wildman–Crippen LogP) is 2.03. The second-order valence-corrected chi connectivity index (χ2v) is 5.29. The van der Waals surface area contributed by atoms with Crippen molar-refractivity contribution in [3.8, 4) is 23.1 Å². The number of anilines is 2. The molecule has 1 heterocycles. The first-order valence-corrected chi connectivity index (χ1v) is 7.76. The van der Waals surface area contributed by atoms with Crippen LogP contribution in [0.1, 0.15) is 25.0 Å². The van der Waals surface area contributed by atoms with Gasteiger partial charge in [-0.05, 0) is 31.3 Å². The Morgan fingerprint density at radius 2 is 1.92 bits per heavy atom. The van der Waals surface area contributed by atoms with Gasteiger partial charge in [0.25, 0.3) is 0 Å². The van der Waals surface area contributed by atoms with E-state index in [1.165, 1.54) is 0 Å². The number of hydrogen-bond acceptors (Lipinski definition) is 7. The largest absolute Gasteiger partial charge is 0.496 e. The van der Waals surface area contributed by atoms with E-state index in [0.717, 1.165) is 36.5 Å². The first-order valence-electron chi connectivity index (χ1n) is 7.76. The zero-order chi connectivity index (χ0) is 17.7. The number of methoxy groups -OCH3 is 1. The van der Waals surface area contributed by atoms with E-state index in [0.29, 0.717) is 5.69 Å². The Bertz CT molecular complexity index is 764. The Hall–Kier alpha value is -2.85. The van der Waals surface area contributed by atoms with Crippen molar-refractivity contribution in [1.82, 2.24) is 14.9 Å². The zero-order valence-electron chi connectivity index (χ0n) is 14.2. The van der Waals surface area contributed by atoms with Crippen LogP contribution in [0.2, 0.25) is 0 Å². The van der Waals surface area contributed by atoms with Gasteiger partial charge in [-0.2, -0.15) is 10.2 Å². The summed E-state index contributed by atoms with van der Waals surface area (Å²) in [5.74, 6) is 0.919. The van der Waals surface area contributed by atoms with E-state index in [1.54, 1.807) is 7.11 Å². The van der Waals surface area contributed by atoms with Gasteiger partial charge >= 0.3 is 0 Å².